The van der Waals surface area contributed by atoms with Crippen LogP contribution in [0.25, 0.3) is 0 Å². The van der Waals surface area contributed by atoms with Crippen molar-refractivity contribution in [2.24, 2.45) is 0 Å². The van der Waals surface area contributed by atoms with Crippen LogP contribution in [0.2, 0.25) is 0 Å². The largest absolute Gasteiger partial charge is 0.477 e. The predicted octanol–water partition coefficient (Wildman–Crippen LogP) is 1.38. The second kappa shape index (κ2) is 5.14. The zero-order valence-electron chi connectivity index (χ0n) is 10.3. The predicted molar refractivity (Wildman–Crippen MR) is 60.2 cm³/mol. The Hall–Kier alpha value is -2.06. The van der Waals surface area contributed by atoms with Gasteiger partial charge in [0.2, 0.25) is 0 Å². The number of likely N-dealkylation sites (tertiary alicyclic amines) is 1. The van der Waals surface area contributed by atoms with Gasteiger partial charge in [-0.25, -0.2) is 4.79 Å². The van der Waals surface area contributed by atoms with Crippen molar-refractivity contribution in [1.82, 2.24) is 15.1 Å². The van der Waals surface area contributed by atoms with Crippen molar-refractivity contribution in [3.05, 3.63) is 17.5 Å². The molecule has 0 aliphatic carbocycles. The van der Waals surface area contributed by atoms with Gasteiger partial charge >= 0.3 is 18.1 Å². The molecule has 0 aromatic carbocycles. The van der Waals surface area contributed by atoms with E-state index in [4.69, 9.17) is 5.11 Å². The Bertz CT molecular complexity index is 518. The molecule has 0 saturated carbocycles. The summed E-state index contributed by atoms with van der Waals surface area (Å²) in [7, 11) is 0. The van der Waals surface area contributed by atoms with E-state index in [0.717, 1.165) is 4.90 Å². The number of hydrogen-bond donors (Lipinski definition) is 2. The number of alkyl halides is 3. The maximum Gasteiger partial charge on any atom is 0.471 e. The summed E-state index contributed by atoms with van der Waals surface area (Å²) in [6, 6.07) is 0. The highest BCUT2D eigenvalue weighted by Crippen LogP contribution is 2.31. The number of piperidine rings is 1. The van der Waals surface area contributed by atoms with E-state index in [2.05, 4.69) is 10.2 Å². The first-order chi connectivity index (χ1) is 9.30. The van der Waals surface area contributed by atoms with Crippen LogP contribution in [0.1, 0.15) is 34.8 Å². The van der Waals surface area contributed by atoms with E-state index in [1.54, 1.807) is 0 Å². The van der Waals surface area contributed by atoms with Crippen LogP contribution in [0.5, 0.6) is 0 Å². The van der Waals surface area contributed by atoms with E-state index in [0.29, 0.717) is 5.56 Å². The normalized spacial score (nSPS) is 17.2. The highest BCUT2D eigenvalue weighted by molar-refractivity contribution is 5.87. The van der Waals surface area contributed by atoms with Crippen LogP contribution in [0.3, 0.4) is 0 Å². The maximum atomic E-state index is 12.3. The summed E-state index contributed by atoms with van der Waals surface area (Å²) in [6.07, 6.45) is -2.94. The fraction of sp³-hybridized carbons (Fsp3) is 0.545. The first-order valence-corrected chi connectivity index (χ1v) is 5.93. The minimum Gasteiger partial charge on any atom is -0.477 e. The first-order valence-electron chi connectivity index (χ1n) is 5.93. The molecule has 0 atom stereocenters. The standard InChI is InChI=1S/C11H12F3N3O3/c12-11(13,14)10(20)17-3-1-6(2-4-17)7-5-15-16-8(7)9(18)19/h5-6H,1-4H2,(H,15,16)(H,18,19). The van der Waals surface area contributed by atoms with Crippen molar-refractivity contribution in [1.29, 1.82) is 0 Å². The summed E-state index contributed by atoms with van der Waals surface area (Å²) >= 11 is 0. The van der Waals surface area contributed by atoms with Crippen LogP contribution in [-0.2, 0) is 4.79 Å². The smallest absolute Gasteiger partial charge is 0.471 e. The van der Waals surface area contributed by atoms with Crippen molar-refractivity contribution in [3.8, 4) is 0 Å². The molecule has 2 rings (SSSR count). The van der Waals surface area contributed by atoms with Gasteiger partial charge in [0.1, 0.15) is 5.69 Å². The monoisotopic (exact) mass is 291 g/mol. The summed E-state index contributed by atoms with van der Waals surface area (Å²) in [5.41, 5.74) is 0.419. The van der Waals surface area contributed by atoms with Crippen molar-refractivity contribution in [3.63, 3.8) is 0 Å². The molecule has 1 aromatic heterocycles. The number of carboxylic acids is 1. The minimum absolute atomic E-state index is 0.0484. The quantitative estimate of drug-likeness (QED) is 0.861. The lowest BCUT2D eigenvalue weighted by molar-refractivity contribution is -0.186. The van der Waals surface area contributed by atoms with Gasteiger partial charge in [-0.1, -0.05) is 0 Å². The Morgan fingerprint density at radius 3 is 2.45 bits per heavy atom. The molecule has 6 nitrogen and oxygen atoms in total. The number of aromatic nitrogens is 2. The SMILES string of the molecule is O=C(O)c1[nH]ncc1C1CCN(C(=O)C(F)(F)F)CC1. The molecule has 20 heavy (non-hydrogen) atoms. The third-order valence-corrected chi connectivity index (χ3v) is 3.35. The molecule has 2 N–H and O–H groups in total. The molecule has 0 radical (unpaired) electrons. The zero-order valence-corrected chi connectivity index (χ0v) is 10.3. The van der Waals surface area contributed by atoms with Crippen molar-refractivity contribution < 1.29 is 27.9 Å². The van der Waals surface area contributed by atoms with E-state index in [1.165, 1.54) is 6.20 Å². The second-order valence-electron chi connectivity index (χ2n) is 4.57. The number of aromatic amines is 1. The van der Waals surface area contributed by atoms with E-state index >= 15 is 0 Å². The number of aromatic carboxylic acids is 1. The van der Waals surface area contributed by atoms with Gasteiger partial charge in [0.25, 0.3) is 0 Å². The molecule has 1 fully saturated rings. The molecular formula is C11H12F3N3O3. The first kappa shape index (κ1) is 14.4. The molecule has 110 valence electrons. The lowest BCUT2D eigenvalue weighted by Crippen LogP contribution is -2.45. The lowest BCUT2D eigenvalue weighted by Gasteiger charge is -2.32. The Kier molecular flexibility index (Phi) is 3.69. The molecule has 1 amide bonds. The van der Waals surface area contributed by atoms with Crippen LogP contribution < -0.4 is 0 Å². The topological polar surface area (TPSA) is 86.3 Å². The number of amides is 1. The van der Waals surface area contributed by atoms with E-state index in [9.17, 15) is 22.8 Å². The minimum atomic E-state index is -4.87. The van der Waals surface area contributed by atoms with Crippen LogP contribution in [-0.4, -0.2) is 51.3 Å². The molecule has 9 heteroatoms. The van der Waals surface area contributed by atoms with Crippen LogP contribution in [0.15, 0.2) is 6.20 Å². The molecule has 0 spiro atoms. The van der Waals surface area contributed by atoms with Gasteiger partial charge in [0.15, 0.2) is 0 Å². The van der Waals surface area contributed by atoms with E-state index in [1.807, 2.05) is 0 Å². The lowest BCUT2D eigenvalue weighted by atomic mass is 9.89. The number of H-pyrrole nitrogens is 1. The number of halogens is 3. The van der Waals surface area contributed by atoms with Crippen LogP contribution in [0.4, 0.5) is 13.2 Å². The maximum absolute atomic E-state index is 12.3. The van der Waals surface area contributed by atoms with Gasteiger partial charge in [0.05, 0.1) is 6.20 Å². The Morgan fingerprint density at radius 1 is 1.35 bits per heavy atom. The highest BCUT2D eigenvalue weighted by atomic mass is 19.4. The number of carboxylic acid groups (broad SMARTS) is 1. The third-order valence-electron chi connectivity index (χ3n) is 3.35. The van der Waals surface area contributed by atoms with Crippen LogP contribution in [0, 0.1) is 0 Å². The van der Waals surface area contributed by atoms with Crippen LogP contribution >= 0.6 is 0 Å². The van der Waals surface area contributed by atoms with Gasteiger partial charge in [-0.05, 0) is 18.8 Å². The van der Waals surface area contributed by atoms with E-state index in [-0.39, 0.29) is 37.5 Å². The number of nitrogens with one attached hydrogen (secondary N) is 1. The number of rotatable bonds is 2. The highest BCUT2D eigenvalue weighted by Gasteiger charge is 2.43. The summed E-state index contributed by atoms with van der Waals surface area (Å²) < 4.78 is 36.9. The van der Waals surface area contributed by atoms with Crippen molar-refractivity contribution in [2.75, 3.05) is 13.1 Å². The van der Waals surface area contributed by atoms with Gasteiger partial charge in [-0.3, -0.25) is 9.89 Å². The molecular weight excluding hydrogens is 279 g/mol. The van der Waals surface area contributed by atoms with Gasteiger partial charge in [-0.2, -0.15) is 18.3 Å². The fourth-order valence-corrected chi connectivity index (χ4v) is 2.35. The number of hydrogen-bond acceptors (Lipinski definition) is 3. The fourth-order valence-electron chi connectivity index (χ4n) is 2.35. The molecule has 0 bridgehead atoms. The number of nitrogens with zero attached hydrogens (tertiary/aromatic N) is 2. The molecule has 1 aliphatic heterocycles. The molecule has 1 aliphatic rings. The molecule has 2 heterocycles. The zero-order chi connectivity index (χ0) is 14.9. The summed E-state index contributed by atoms with van der Waals surface area (Å²) in [5.74, 6) is -3.22. The number of carbonyl (C=O) groups excluding carboxylic acids is 1. The summed E-state index contributed by atoms with van der Waals surface area (Å²) in [5, 5.41) is 14.9. The van der Waals surface area contributed by atoms with Gasteiger partial charge in [-0.15, -0.1) is 0 Å². The average molecular weight is 291 g/mol. The third kappa shape index (κ3) is 2.75. The Labute approximate surface area is 111 Å². The summed E-state index contributed by atoms with van der Waals surface area (Å²) in [6.45, 7) is -0.0967. The van der Waals surface area contributed by atoms with Crippen molar-refractivity contribution >= 4 is 11.9 Å². The second-order valence-corrected chi connectivity index (χ2v) is 4.57. The summed E-state index contributed by atoms with van der Waals surface area (Å²) in [4.78, 5) is 22.8. The molecule has 1 aromatic rings. The molecule has 1 saturated heterocycles. The van der Waals surface area contributed by atoms with Crippen molar-refractivity contribution in [2.45, 2.75) is 24.9 Å². The molecule has 0 unspecified atom stereocenters. The van der Waals surface area contributed by atoms with Gasteiger partial charge < -0.3 is 10.0 Å². The Morgan fingerprint density at radius 2 is 1.95 bits per heavy atom. The average Bonchev–Trinajstić information content (AvgIpc) is 2.86. The van der Waals surface area contributed by atoms with Gasteiger partial charge in [0, 0.05) is 18.7 Å². The number of carbonyl (C=O) groups is 2. The van der Waals surface area contributed by atoms with E-state index < -0.39 is 18.1 Å². The Balaban J connectivity index is 2.03.